The zero-order valence-electron chi connectivity index (χ0n) is 12.6. The Bertz CT molecular complexity index is 777. The molecule has 0 atom stereocenters. The van der Waals surface area contributed by atoms with E-state index in [9.17, 15) is 4.79 Å². The van der Waals surface area contributed by atoms with Gasteiger partial charge in [0.2, 0.25) is 5.91 Å². The van der Waals surface area contributed by atoms with E-state index in [0.29, 0.717) is 13.0 Å². The van der Waals surface area contributed by atoms with Gasteiger partial charge in [0.1, 0.15) is 0 Å². The van der Waals surface area contributed by atoms with Crippen molar-refractivity contribution in [2.45, 2.75) is 12.8 Å². The van der Waals surface area contributed by atoms with Crippen molar-refractivity contribution in [3.8, 4) is 0 Å². The summed E-state index contributed by atoms with van der Waals surface area (Å²) in [6, 6.07) is 16.0. The number of carbonyl (C=O) groups is 1. The van der Waals surface area contributed by atoms with E-state index in [-0.39, 0.29) is 5.91 Å². The molecule has 2 aromatic carbocycles. The summed E-state index contributed by atoms with van der Waals surface area (Å²) in [6.45, 7) is 0.643. The van der Waals surface area contributed by atoms with Gasteiger partial charge in [-0.3, -0.25) is 4.79 Å². The number of hydrogen-bond donors (Lipinski definition) is 1. The van der Waals surface area contributed by atoms with E-state index in [1.165, 1.54) is 5.56 Å². The minimum atomic E-state index is 0.0603. The Balaban J connectivity index is 1.52. The fourth-order valence-corrected chi connectivity index (χ4v) is 2.53. The van der Waals surface area contributed by atoms with Gasteiger partial charge in [0.25, 0.3) is 0 Å². The lowest BCUT2D eigenvalue weighted by atomic mass is 10.1. The number of amides is 1. The standard InChI is InChI=1S/C18H19N3O/c1-21-13-20-16-11-15(7-8-17(16)21)9-10-19-18(22)12-14-5-3-2-4-6-14/h2-8,11,13H,9-10,12H2,1H3,(H,19,22). The molecule has 4 heteroatoms. The van der Waals surface area contributed by atoms with Gasteiger partial charge in [-0.2, -0.15) is 0 Å². The Labute approximate surface area is 129 Å². The number of fused-ring (bicyclic) bond motifs is 1. The van der Waals surface area contributed by atoms with Crippen molar-refractivity contribution in [3.63, 3.8) is 0 Å². The molecule has 0 fully saturated rings. The second-order valence-corrected chi connectivity index (χ2v) is 5.44. The third kappa shape index (κ3) is 3.34. The van der Waals surface area contributed by atoms with Crippen LogP contribution in [0.3, 0.4) is 0 Å². The molecule has 1 N–H and O–H groups in total. The molecule has 1 heterocycles. The summed E-state index contributed by atoms with van der Waals surface area (Å²) in [5.41, 5.74) is 4.34. The van der Waals surface area contributed by atoms with Crippen molar-refractivity contribution in [1.29, 1.82) is 0 Å². The van der Waals surface area contributed by atoms with Gasteiger partial charge in [-0.25, -0.2) is 4.98 Å². The number of aryl methyl sites for hydroxylation is 1. The van der Waals surface area contributed by atoms with Crippen LogP contribution < -0.4 is 5.32 Å². The number of rotatable bonds is 5. The number of nitrogens with one attached hydrogen (secondary N) is 1. The van der Waals surface area contributed by atoms with Gasteiger partial charge in [0, 0.05) is 13.6 Å². The quantitative estimate of drug-likeness (QED) is 0.785. The van der Waals surface area contributed by atoms with Crippen molar-refractivity contribution in [1.82, 2.24) is 14.9 Å². The lowest BCUT2D eigenvalue weighted by Gasteiger charge is -2.06. The molecule has 0 aliphatic rings. The first-order chi connectivity index (χ1) is 10.7. The van der Waals surface area contributed by atoms with E-state index < -0.39 is 0 Å². The summed E-state index contributed by atoms with van der Waals surface area (Å²) in [5, 5.41) is 2.97. The maximum atomic E-state index is 11.9. The highest BCUT2D eigenvalue weighted by Gasteiger charge is 2.04. The molecule has 3 rings (SSSR count). The fourth-order valence-electron chi connectivity index (χ4n) is 2.53. The molecule has 0 radical (unpaired) electrons. The summed E-state index contributed by atoms with van der Waals surface area (Å²) in [7, 11) is 1.98. The zero-order chi connectivity index (χ0) is 15.4. The van der Waals surface area contributed by atoms with Crippen molar-refractivity contribution in [2.75, 3.05) is 6.54 Å². The van der Waals surface area contributed by atoms with E-state index >= 15 is 0 Å². The van der Waals surface area contributed by atoms with Crippen molar-refractivity contribution in [2.24, 2.45) is 7.05 Å². The second kappa shape index (κ2) is 6.43. The van der Waals surface area contributed by atoms with Crippen LogP contribution in [0.25, 0.3) is 11.0 Å². The molecule has 0 spiro atoms. The number of carbonyl (C=O) groups excluding carboxylic acids is 1. The number of benzene rings is 2. The summed E-state index contributed by atoms with van der Waals surface area (Å²) in [6.07, 6.45) is 3.06. The second-order valence-electron chi connectivity index (χ2n) is 5.44. The van der Waals surface area contributed by atoms with Gasteiger partial charge in [0.05, 0.1) is 23.8 Å². The van der Waals surface area contributed by atoms with Gasteiger partial charge in [-0.05, 0) is 29.7 Å². The van der Waals surface area contributed by atoms with Gasteiger partial charge in [-0.1, -0.05) is 36.4 Å². The highest BCUT2D eigenvalue weighted by molar-refractivity contribution is 5.78. The average Bonchev–Trinajstić information content (AvgIpc) is 2.89. The van der Waals surface area contributed by atoms with E-state index in [4.69, 9.17) is 0 Å². The summed E-state index contributed by atoms with van der Waals surface area (Å²) in [5.74, 6) is 0.0603. The maximum Gasteiger partial charge on any atom is 0.224 e. The molecule has 0 unspecified atom stereocenters. The fraction of sp³-hybridized carbons (Fsp3) is 0.222. The van der Waals surface area contributed by atoms with Crippen molar-refractivity contribution < 1.29 is 4.79 Å². The molecule has 3 aromatic rings. The SMILES string of the molecule is Cn1cnc2cc(CCNC(=O)Cc3ccccc3)ccc21. The van der Waals surface area contributed by atoms with E-state index in [1.807, 2.05) is 48.3 Å². The first-order valence-corrected chi connectivity index (χ1v) is 7.43. The van der Waals surface area contributed by atoms with E-state index in [1.54, 1.807) is 0 Å². The molecule has 0 saturated carbocycles. The van der Waals surface area contributed by atoms with Gasteiger partial charge >= 0.3 is 0 Å². The number of aromatic nitrogens is 2. The lowest BCUT2D eigenvalue weighted by molar-refractivity contribution is -0.120. The molecular weight excluding hydrogens is 274 g/mol. The van der Waals surface area contributed by atoms with Crippen LogP contribution in [0.1, 0.15) is 11.1 Å². The Kier molecular flexibility index (Phi) is 4.19. The molecular formula is C18H19N3O. The number of hydrogen-bond acceptors (Lipinski definition) is 2. The molecule has 112 valence electrons. The number of imidazole rings is 1. The minimum absolute atomic E-state index is 0.0603. The van der Waals surface area contributed by atoms with E-state index in [2.05, 4.69) is 28.5 Å². The first kappa shape index (κ1) is 14.3. The van der Waals surface area contributed by atoms with Crippen LogP contribution in [0.4, 0.5) is 0 Å². The predicted octanol–water partition coefficient (Wildman–Crippen LogP) is 2.47. The molecule has 1 aromatic heterocycles. The van der Waals surface area contributed by atoms with Crippen LogP contribution in [0, 0.1) is 0 Å². The van der Waals surface area contributed by atoms with Crippen LogP contribution in [0.2, 0.25) is 0 Å². The summed E-state index contributed by atoms with van der Waals surface area (Å²) >= 11 is 0. The largest absolute Gasteiger partial charge is 0.355 e. The normalized spacial score (nSPS) is 10.8. The van der Waals surface area contributed by atoms with Gasteiger partial charge in [0.15, 0.2) is 0 Å². The highest BCUT2D eigenvalue weighted by Crippen LogP contribution is 2.14. The molecule has 1 amide bonds. The van der Waals surface area contributed by atoms with Gasteiger partial charge in [-0.15, -0.1) is 0 Å². The Morgan fingerprint density at radius 3 is 2.77 bits per heavy atom. The summed E-state index contributed by atoms with van der Waals surface area (Å²) < 4.78 is 2.00. The molecule has 0 saturated heterocycles. The van der Waals surface area contributed by atoms with Crippen LogP contribution in [-0.4, -0.2) is 22.0 Å². The topological polar surface area (TPSA) is 46.9 Å². The maximum absolute atomic E-state index is 11.9. The molecule has 4 nitrogen and oxygen atoms in total. The molecule has 0 aliphatic heterocycles. The van der Waals surface area contributed by atoms with Crippen LogP contribution in [0.15, 0.2) is 54.9 Å². The molecule has 22 heavy (non-hydrogen) atoms. The molecule has 0 bridgehead atoms. The summed E-state index contributed by atoms with van der Waals surface area (Å²) in [4.78, 5) is 16.2. The Hall–Kier alpha value is -2.62. The minimum Gasteiger partial charge on any atom is -0.355 e. The third-order valence-electron chi connectivity index (χ3n) is 3.73. The van der Waals surface area contributed by atoms with Crippen LogP contribution >= 0.6 is 0 Å². The Morgan fingerprint density at radius 2 is 1.95 bits per heavy atom. The van der Waals surface area contributed by atoms with Gasteiger partial charge < -0.3 is 9.88 Å². The van der Waals surface area contributed by atoms with E-state index in [0.717, 1.165) is 23.0 Å². The predicted molar refractivity (Wildman–Crippen MR) is 87.6 cm³/mol. The average molecular weight is 293 g/mol. The Morgan fingerprint density at radius 1 is 1.14 bits per heavy atom. The smallest absolute Gasteiger partial charge is 0.224 e. The van der Waals surface area contributed by atoms with Crippen LogP contribution in [-0.2, 0) is 24.7 Å². The lowest BCUT2D eigenvalue weighted by Crippen LogP contribution is -2.27. The monoisotopic (exact) mass is 293 g/mol. The third-order valence-corrected chi connectivity index (χ3v) is 3.73. The molecule has 0 aliphatic carbocycles. The number of nitrogens with zero attached hydrogens (tertiary/aromatic N) is 2. The van der Waals surface area contributed by atoms with Crippen LogP contribution in [0.5, 0.6) is 0 Å². The highest BCUT2D eigenvalue weighted by atomic mass is 16.1. The first-order valence-electron chi connectivity index (χ1n) is 7.43. The van der Waals surface area contributed by atoms with Crippen molar-refractivity contribution in [3.05, 3.63) is 66.0 Å². The zero-order valence-corrected chi connectivity index (χ0v) is 12.6. The van der Waals surface area contributed by atoms with Crippen molar-refractivity contribution >= 4 is 16.9 Å².